The van der Waals surface area contributed by atoms with Gasteiger partial charge in [-0.2, -0.15) is 0 Å². The Hall–Kier alpha value is -2.96. The normalized spacial score (nSPS) is 17.1. The number of benzene rings is 1. The van der Waals surface area contributed by atoms with E-state index in [4.69, 9.17) is 0 Å². The lowest BCUT2D eigenvalue weighted by Gasteiger charge is -2.34. The third-order valence-electron chi connectivity index (χ3n) is 6.80. The second-order valence-corrected chi connectivity index (χ2v) is 9.23. The number of carbonyl (C=O) groups excluding carboxylic acids is 2. The average molecular weight is 450 g/mol. The van der Waals surface area contributed by atoms with Gasteiger partial charge in [0.15, 0.2) is 0 Å². The molecule has 0 spiro atoms. The lowest BCUT2D eigenvalue weighted by molar-refractivity contribution is -0.130. The van der Waals surface area contributed by atoms with E-state index in [-0.39, 0.29) is 11.8 Å². The smallest absolute Gasteiger partial charge is 0.227 e. The van der Waals surface area contributed by atoms with E-state index in [0.717, 1.165) is 42.6 Å². The lowest BCUT2D eigenvalue weighted by Crippen LogP contribution is -2.49. The minimum atomic E-state index is 0.0786. The molecular weight excluding hydrogens is 414 g/mol. The van der Waals surface area contributed by atoms with E-state index in [1.54, 1.807) is 18.5 Å². The van der Waals surface area contributed by atoms with Gasteiger partial charge in [-0.3, -0.25) is 9.59 Å². The van der Waals surface area contributed by atoms with Crippen LogP contribution in [0.1, 0.15) is 56.9 Å². The Morgan fingerprint density at radius 2 is 1.64 bits per heavy atom. The average Bonchev–Trinajstić information content (AvgIpc) is 2.86. The van der Waals surface area contributed by atoms with Gasteiger partial charge in [0.05, 0.1) is 6.42 Å². The standard InChI is InChI=1S/C26H35N5O2/c32-24(9-4-8-21-6-2-1-3-7-21)29-23-12-10-22(11-13-23)20-25(33)30-16-18-31(19-17-30)26-27-14-5-15-28-26/h5,10-15,21H,1-4,6-9,16-20H2,(H,29,32). The van der Waals surface area contributed by atoms with Gasteiger partial charge < -0.3 is 15.1 Å². The Morgan fingerprint density at radius 3 is 2.33 bits per heavy atom. The van der Waals surface area contributed by atoms with Crippen molar-refractivity contribution in [3.05, 3.63) is 48.3 Å². The second kappa shape index (κ2) is 11.8. The van der Waals surface area contributed by atoms with Crippen LogP contribution in [0, 0.1) is 5.92 Å². The highest BCUT2D eigenvalue weighted by Gasteiger charge is 2.22. The molecule has 1 N–H and O–H groups in total. The van der Waals surface area contributed by atoms with E-state index >= 15 is 0 Å². The SMILES string of the molecule is O=C(CCCC1CCCCC1)Nc1ccc(CC(=O)N2CCN(c3ncccn3)CC2)cc1. The second-order valence-electron chi connectivity index (χ2n) is 9.23. The maximum absolute atomic E-state index is 12.7. The molecule has 33 heavy (non-hydrogen) atoms. The molecule has 2 heterocycles. The summed E-state index contributed by atoms with van der Waals surface area (Å²) in [6.07, 6.45) is 13.3. The first-order valence-electron chi connectivity index (χ1n) is 12.4. The fourth-order valence-corrected chi connectivity index (χ4v) is 4.85. The van der Waals surface area contributed by atoms with Crippen molar-refractivity contribution in [2.24, 2.45) is 5.92 Å². The predicted octanol–water partition coefficient (Wildman–Crippen LogP) is 4.06. The van der Waals surface area contributed by atoms with Gasteiger partial charge in [-0.1, -0.05) is 44.2 Å². The summed E-state index contributed by atoms with van der Waals surface area (Å²) in [5.41, 5.74) is 1.76. The number of nitrogens with one attached hydrogen (secondary N) is 1. The first-order valence-corrected chi connectivity index (χ1v) is 12.4. The van der Waals surface area contributed by atoms with Gasteiger partial charge in [0.2, 0.25) is 17.8 Å². The van der Waals surface area contributed by atoms with Crippen molar-refractivity contribution in [2.45, 2.75) is 57.8 Å². The number of carbonyl (C=O) groups is 2. The van der Waals surface area contributed by atoms with Crippen molar-refractivity contribution in [3.63, 3.8) is 0 Å². The van der Waals surface area contributed by atoms with Crippen LogP contribution in [-0.4, -0.2) is 52.9 Å². The highest BCUT2D eigenvalue weighted by Crippen LogP contribution is 2.27. The van der Waals surface area contributed by atoms with Crippen LogP contribution in [0.15, 0.2) is 42.7 Å². The predicted molar refractivity (Wildman–Crippen MR) is 130 cm³/mol. The maximum Gasteiger partial charge on any atom is 0.227 e. The highest BCUT2D eigenvalue weighted by atomic mass is 16.2. The van der Waals surface area contributed by atoms with Gasteiger partial charge in [-0.05, 0) is 42.5 Å². The monoisotopic (exact) mass is 449 g/mol. The van der Waals surface area contributed by atoms with Crippen LogP contribution in [0.5, 0.6) is 0 Å². The van der Waals surface area contributed by atoms with Crippen molar-refractivity contribution < 1.29 is 9.59 Å². The van der Waals surface area contributed by atoms with Crippen molar-refractivity contribution in [2.75, 3.05) is 36.4 Å². The molecule has 7 nitrogen and oxygen atoms in total. The van der Waals surface area contributed by atoms with Crippen molar-refractivity contribution in [1.82, 2.24) is 14.9 Å². The summed E-state index contributed by atoms with van der Waals surface area (Å²) in [5.74, 6) is 1.74. The van der Waals surface area contributed by atoms with Crippen molar-refractivity contribution in [1.29, 1.82) is 0 Å². The van der Waals surface area contributed by atoms with Crippen molar-refractivity contribution >= 4 is 23.5 Å². The zero-order chi connectivity index (χ0) is 22.9. The first-order chi connectivity index (χ1) is 16.2. The molecule has 0 radical (unpaired) electrons. The molecule has 1 aliphatic heterocycles. The van der Waals surface area contributed by atoms with Gasteiger partial charge in [0.1, 0.15) is 0 Å². The molecule has 1 saturated carbocycles. The Morgan fingerprint density at radius 1 is 0.939 bits per heavy atom. The van der Waals surface area contributed by atoms with Gasteiger partial charge in [0.25, 0.3) is 0 Å². The third-order valence-corrected chi connectivity index (χ3v) is 6.80. The Labute approximate surface area is 196 Å². The van der Waals surface area contributed by atoms with E-state index in [0.29, 0.717) is 25.9 Å². The third kappa shape index (κ3) is 7.01. The molecule has 176 valence electrons. The van der Waals surface area contributed by atoms with E-state index in [1.165, 1.54) is 38.5 Å². The lowest BCUT2D eigenvalue weighted by atomic mass is 9.86. The molecule has 1 aromatic carbocycles. The maximum atomic E-state index is 12.7. The first kappa shape index (κ1) is 23.2. The van der Waals surface area contributed by atoms with E-state index in [9.17, 15) is 9.59 Å². The van der Waals surface area contributed by atoms with Crippen LogP contribution < -0.4 is 10.2 Å². The number of hydrogen-bond acceptors (Lipinski definition) is 5. The summed E-state index contributed by atoms with van der Waals surface area (Å²) in [6.45, 7) is 2.82. The number of amides is 2. The zero-order valence-corrected chi connectivity index (χ0v) is 19.4. The number of piperazine rings is 1. The molecule has 0 unspecified atom stereocenters. The summed E-state index contributed by atoms with van der Waals surface area (Å²) in [6, 6.07) is 9.46. The molecule has 1 aliphatic carbocycles. The minimum Gasteiger partial charge on any atom is -0.339 e. The van der Waals surface area contributed by atoms with Gasteiger partial charge in [-0.25, -0.2) is 9.97 Å². The van der Waals surface area contributed by atoms with Gasteiger partial charge in [0, 0.05) is 50.7 Å². The fourth-order valence-electron chi connectivity index (χ4n) is 4.85. The minimum absolute atomic E-state index is 0.0786. The van der Waals surface area contributed by atoms with Crippen LogP contribution in [0.25, 0.3) is 0 Å². The Balaban J connectivity index is 1.17. The number of rotatable bonds is 8. The number of hydrogen-bond donors (Lipinski definition) is 1. The Bertz CT molecular complexity index is 889. The molecule has 2 amide bonds. The molecular formula is C26H35N5O2. The molecule has 4 rings (SSSR count). The molecule has 7 heteroatoms. The fraction of sp³-hybridized carbons (Fsp3) is 0.538. The van der Waals surface area contributed by atoms with Crippen LogP contribution in [0.3, 0.4) is 0 Å². The summed E-state index contributed by atoms with van der Waals surface area (Å²) in [4.78, 5) is 37.6. The number of nitrogens with zero attached hydrogens (tertiary/aromatic N) is 4. The van der Waals surface area contributed by atoms with Crippen LogP contribution >= 0.6 is 0 Å². The van der Waals surface area contributed by atoms with Gasteiger partial charge >= 0.3 is 0 Å². The zero-order valence-electron chi connectivity index (χ0n) is 19.4. The summed E-state index contributed by atoms with van der Waals surface area (Å²) in [7, 11) is 0. The van der Waals surface area contributed by atoms with Gasteiger partial charge in [-0.15, -0.1) is 0 Å². The summed E-state index contributed by atoms with van der Waals surface area (Å²) >= 11 is 0. The summed E-state index contributed by atoms with van der Waals surface area (Å²) < 4.78 is 0. The molecule has 2 aromatic rings. The molecule has 1 aromatic heterocycles. The quantitative estimate of drug-likeness (QED) is 0.658. The van der Waals surface area contributed by atoms with Crippen LogP contribution in [0.2, 0.25) is 0 Å². The highest BCUT2D eigenvalue weighted by molar-refractivity contribution is 5.90. The van der Waals surface area contributed by atoms with Crippen LogP contribution in [-0.2, 0) is 16.0 Å². The molecule has 0 bridgehead atoms. The van der Waals surface area contributed by atoms with E-state index < -0.39 is 0 Å². The topological polar surface area (TPSA) is 78.4 Å². The Kier molecular flexibility index (Phi) is 8.28. The number of anilines is 2. The van der Waals surface area contributed by atoms with E-state index in [2.05, 4.69) is 20.2 Å². The summed E-state index contributed by atoms with van der Waals surface area (Å²) in [5, 5.41) is 2.99. The van der Waals surface area contributed by atoms with E-state index in [1.807, 2.05) is 29.2 Å². The van der Waals surface area contributed by atoms with Crippen LogP contribution in [0.4, 0.5) is 11.6 Å². The largest absolute Gasteiger partial charge is 0.339 e. The molecule has 2 fully saturated rings. The van der Waals surface area contributed by atoms with Crippen molar-refractivity contribution in [3.8, 4) is 0 Å². The number of aromatic nitrogens is 2. The molecule has 0 atom stereocenters. The molecule has 2 aliphatic rings. The molecule has 1 saturated heterocycles.